The normalized spacial score (nSPS) is 14.5. The fourth-order valence-corrected chi connectivity index (χ4v) is 0.599. The van der Waals surface area contributed by atoms with Gasteiger partial charge in [-0.15, -0.1) is 12.3 Å². The van der Waals surface area contributed by atoms with Crippen LogP contribution in [0.5, 0.6) is 0 Å². The monoisotopic (exact) mass is 170 g/mol. The number of rotatable bonds is 4. The summed E-state index contributed by atoms with van der Waals surface area (Å²) in [6.45, 7) is 1.78. The van der Waals surface area contributed by atoms with Crippen molar-refractivity contribution in [2.75, 3.05) is 6.54 Å². The van der Waals surface area contributed by atoms with Crippen molar-refractivity contribution in [1.29, 1.82) is 0 Å². The molecule has 4 nitrogen and oxygen atoms in total. The van der Waals surface area contributed by atoms with E-state index in [-0.39, 0.29) is 18.9 Å². The maximum absolute atomic E-state index is 11.0. The van der Waals surface area contributed by atoms with Gasteiger partial charge in [0.2, 0.25) is 5.91 Å². The summed E-state index contributed by atoms with van der Waals surface area (Å²) in [5.74, 6) is 1.96. The predicted octanol–water partition coefficient (Wildman–Crippen LogP) is -1.17. The molecule has 12 heavy (non-hydrogen) atoms. The van der Waals surface area contributed by atoms with E-state index in [0.29, 0.717) is 0 Å². The second kappa shape index (κ2) is 5.58. The first-order chi connectivity index (χ1) is 5.57. The summed E-state index contributed by atoms with van der Waals surface area (Å²) in [7, 11) is 0. The van der Waals surface area contributed by atoms with Crippen molar-refractivity contribution >= 4 is 5.91 Å². The first-order valence-electron chi connectivity index (χ1n) is 3.72. The number of amides is 1. The van der Waals surface area contributed by atoms with Crippen LogP contribution < -0.4 is 11.1 Å². The molecular formula is C8H14N2O2. The van der Waals surface area contributed by atoms with E-state index in [9.17, 15) is 4.79 Å². The first kappa shape index (κ1) is 11.0. The Morgan fingerprint density at radius 1 is 1.83 bits per heavy atom. The molecule has 2 atom stereocenters. The SMILES string of the molecule is C#CCC(N)C(=O)NCC(C)O. The second-order valence-electron chi connectivity index (χ2n) is 2.61. The van der Waals surface area contributed by atoms with Crippen LogP contribution >= 0.6 is 0 Å². The van der Waals surface area contributed by atoms with Gasteiger partial charge in [0, 0.05) is 13.0 Å². The lowest BCUT2D eigenvalue weighted by Gasteiger charge is -2.10. The molecule has 4 heteroatoms. The Labute approximate surface area is 72.1 Å². The molecule has 0 heterocycles. The minimum atomic E-state index is -0.672. The Balaban J connectivity index is 3.66. The molecule has 0 rings (SSSR count). The molecule has 0 bridgehead atoms. The molecule has 0 saturated heterocycles. The minimum Gasteiger partial charge on any atom is -0.392 e. The molecule has 0 aromatic heterocycles. The Morgan fingerprint density at radius 2 is 2.42 bits per heavy atom. The molecule has 2 unspecified atom stereocenters. The van der Waals surface area contributed by atoms with Crippen LogP contribution in [0.25, 0.3) is 0 Å². The van der Waals surface area contributed by atoms with Crippen LogP contribution in [0.2, 0.25) is 0 Å². The van der Waals surface area contributed by atoms with Gasteiger partial charge in [-0.1, -0.05) is 0 Å². The van der Waals surface area contributed by atoms with Crippen molar-refractivity contribution in [3.63, 3.8) is 0 Å². The number of nitrogens with one attached hydrogen (secondary N) is 1. The molecule has 0 saturated carbocycles. The fraction of sp³-hybridized carbons (Fsp3) is 0.625. The van der Waals surface area contributed by atoms with Gasteiger partial charge in [-0.2, -0.15) is 0 Å². The standard InChI is InChI=1S/C8H14N2O2/c1-3-4-7(9)8(12)10-5-6(2)11/h1,6-7,11H,4-5,9H2,2H3,(H,10,12). The van der Waals surface area contributed by atoms with Crippen LogP contribution in [0.4, 0.5) is 0 Å². The number of nitrogens with two attached hydrogens (primary N) is 1. The van der Waals surface area contributed by atoms with E-state index in [4.69, 9.17) is 17.3 Å². The van der Waals surface area contributed by atoms with Crippen molar-refractivity contribution in [1.82, 2.24) is 5.32 Å². The van der Waals surface area contributed by atoms with Crippen LogP contribution in [0.3, 0.4) is 0 Å². The van der Waals surface area contributed by atoms with Gasteiger partial charge in [-0.3, -0.25) is 4.79 Å². The highest BCUT2D eigenvalue weighted by Crippen LogP contribution is 1.85. The molecule has 0 aliphatic carbocycles. The van der Waals surface area contributed by atoms with Gasteiger partial charge < -0.3 is 16.2 Å². The Kier molecular flexibility index (Phi) is 5.09. The van der Waals surface area contributed by atoms with E-state index in [0.717, 1.165) is 0 Å². The third-order valence-electron chi connectivity index (χ3n) is 1.25. The molecule has 0 spiro atoms. The zero-order chi connectivity index (χ0) is 9.56. The zero-order valence-corrected chi connectivity index (χ0v) is 7.08. The lowest BCUT2D eigenvalue weighted by molar-refractivity contribution is -0.122. The van der Waals surface area contributed by atoms with Gasteiger partial charge in [-0.05, 0) is 6.92 Å². The average molecular weight is 170 g/mol. The van der Waals surface area contributed by atoms with E-state index in [1.165, 1.54) is 0 Å². The van der Waals surface area contributed by atoms with Crippen LogP contribution in [-0.2, 0) is 4.79 Å². The van der Waals surface area contributed by atoms with Crippen LogP contribution in [0, 0.1) is 12.3 Å². The Bertz CT molecular complexity index is 184. The van der Waals surface area contributed by atoms with E-state index >= 15 is 0 Å². The summed E-state index contributed by atoms with van der Waals surface area (Å²) in [5.41, 5.74) is 5.38. The molecule has 0 aliphatic heterocycles. The lowest BCUT2D eigenvalue weighted by atomic mass is 10.2. The van der Waals surface area contributed by atoms with Gasteiger partial charge in [0.15, 0.2) is 0 Å². The number of carbonyl (C=O) groups excluding carboxylic acids is 1. The highest BCUT2D eigenvalue weighted by Gasteiger charge is 2.11. The van der Waals surface area contributed by atoms with Crippen LogP contribution in [0.1, 0.15) is 13.3 Å². The molecule has 0 radical (unpaired) electrons. The van der Waals surface area contributed by atoms with E-state index in [2.05, 4.69) is 11.2 Å². The van der Waals surface area contributed by atoms with Crippen molar-refractivity contribution in [2.24, 2.45) is 5.73 Å². The number of terminal acetylenes is 1. The fourth-order valence-electron chi connectivity index (χ4n) is 0.599. The van der Waals surface area contributed by atoms with Gasteiger partial charge in [-0.25, -0.2) is 0 Å². The Hall–Kier alpha value is -1.05. The molecule has 0 aromatic carbocycles. The highest BCUT2D eigenvalue weighted by atomic mass is 16.3. The van der Waals surface area contributed by atoms with Crippen LogP contribution in [0.15, 0.2) is 0 Å². The first-order valence-corrected chi connectivity index (χ1v) is 3.72. The minimum absolute atomic E-state index is 0.205. The van der Waals surface area contributed by atoms with Gasteiger partial charge in [0.25, 0.3) is 0 Å². The number of aliphatic hydroxyl groups is 1. The topological polar surface area (TPSA) is 75.4 Å². The summed E-state index contributed by atoms with van der Waals surface area (Å²) in [6, 6.07) is -0.672. The van der Waals surface area contributed by atoms with Gasteiger partial charge >= 0.3 is 0 Å². The molecule has 1 amide bonds. The summed E-state index contributed by atoms with van der Waals surface area (Å²) in [6.07, 6.45) is 4.61. The average Bonchev–Trinajstić information content (AvgIpc) is 2.00. The van der Waals surface area contributed by atoms with Gasteiger partial charge in [0.05, 0.1) is 12.1 Å². The maximum atomic E-state index is 11.0. The molecule has 68 valence electrons. The number of aliphatic hydroxyl groups excluding tert-OH is 1. The van der Waals surface area contributed by atoms with E-state index in [1.54, 1.807) is 6.92 Å². The summed E-state index contributed by atoms with van der Waals surface area (Å²) >= 11 is 0. The summed E-state index contributed by atoms with van der Waals surface area (Å²) < 4.78 is 0. The lowest BCUT2D eigenvalue weighted by Crippen LogP contribution is -2.42. The predicted molar refractivity (Wildman–Crippen MR) is 46.1 cm³/mol. The van der Waals surface area contributed by atoms with Gasteiger partial charge in [0.1, 0.15) is 0 Å². The number of hydrogen-bond acceptors (Lipinski definition) is 3. The largest absolute Gasteiger partial charge is 0.392 e. The van der Waals surface area contributed by atoms with Crippen molar-refractivity contribution in [3.05, 3.63) is 0 Å². The van der Waals surface area contributed by atoms with Crippen molar-refractivity contribution in [3.8, 4) is 12.3 Å². The number of hydrogen-bond donors (Lipinski definition) is 3. The zero-order valence-electron chi connectivity index (χ0n) is 7.08. The maximum Gasteiger partial charge on any atom is 0.237 e. The summed E-state index contributed by atoms with van der Waals surface area (Å²) in [4.78, 5) is 11.0. The van der Waals surface area contributed by atoms with E-state index < -0.39 is 12.1 Å². The second-order valence-corrected chi connectivity index (χ2v) is 2.61. The smallest absolute Gasteiger partial charge is 0.237 e. The summed E-state index contributed by atoms with van der Waals surface area (Å²) in [5, 5.41) is 11.3. The number of carbonyl (C=O) groups is 1. The third kappa shape index (κ3) is 4.72. The molecule has 0 aromatic rings. The van der Waals surface area contributed by atoms with E-state index in [1.807, 2.05) is 0 Å². The van der Waals surface area contributed by atoms with Crippen LogP contribution in [-0.4, -0.2) is 29.7 Å². The molecule has 4 N–H and O–H groups in total. The molecular weight excluding hydrogens is 156 g/mol. The quantitative estimate of drug-likeness (QED) is 0.465. The Morgan fingerprint density at radius 3 is 2.83 bits per heavy atom. The third-order valence-corrected chi connectivity index (χ3v) is 1.25. The molecule has 0 aliphatic rings. The van der Waals surface area contributed by atoms with Crippen molar-refractivity contribution < 1.29 is 9.90 Å². The molecule has 0 fully saturated rings. The van der Waals surface area contributed by atoms with Crippen molar-refractivity contribution in [2.45, 2.75) is 25.5 Å². The highest BCUT2D eigenvalue weighted by molar-refractivity contribution is 5.81.